The van der Waals surface area contributed by atoms with Gasteiger partial charge in [0.15, 0.2) is 11.4 Å². The largest absolute Gasteiger partial charge is 0.501 e. The van der Waals surface area contributed by atoms with Crippen molar-refractivity contribution in [3.8, 4) is 10.6 Å². The van der Waals surface area contributed by atoms with Gasteiger partial charge in [-0.1, -0.05) is 12.1 Å². The van der Waals surface area contributed by atoms with Gasteiger partial charge >= 0.3 is 5.51 Å². The molecule has 164 valence electrons. The van der Waals surface area contributed by atoms with Crippen LogP contribution in [0, 0.1) is 0 Å². The fourth-order valence-electron chi connectivity index (χ4n) is 2.41. The lowest BCUT2D eigenvalue weighted by Crippen LogP contribution is -2.23. The van der Waals surface area contributed by atoms with Crippen LogP contribution in [0.25, 0.3) is 10.6 Å². The number of nitrogens with zero attached hydrogens (tertiary/aromatic N) is 2. The zero-order valence-corrected chi connectivity index (χ0v) is 17.7. The molecule has 3 aromatic rings. The quantitative estimate of drug-likeness (QED) is 0.487. The van der Waals surface area contributed by atoms with Crippen LogP contribution in [0.15, 0.2) is 34.5 Å². The summed E-state index contributed by atoms with van der Waals surface area (Å²) >= 11 is 2.17. The summed E-state index contributed by atoms with van der Waals surface area (Å²) in [6.45, 7) is -0.331. The van der Waals surface area contributed by atoms with Crippen LogP contribution in [-0.4, -0.2) is 41.2 Å². The number of alkyl halides is 3. The molecular weight excluding hydrogens is 479 g/mol. The van der Waals surface area contributed by atoms with Crippen molar-refractivity contribution in [3.05, 3.63) is 45.9 Å². The summed E-state index contributed by atoms with van der Waals surface area (Å²) in [6, 6.07) is 3.82. The molecule has 2 heterocycles. The van der Waals surface area contributed by atoms with E-state index in [9.17, 15) is 31.2 Å². The molecule has 3 rings (SSSR count). The van der Waals surface area contributed by atoms with Gasteiger partial charge in [0, 0.05) is 5.38 Å². The van der Waals surface area contributed by atoms with Crippen molar-refractivity contribution in [2.45, 2.75) is 23.4 Å². The molecule has 8 nitrogen and oxygen atoms in total. The van der Waals surface area contributed by atoms with E-state index in [0.717, 1.165) is 46.9 Å². The minimum absolute atomic E-state index is 0.117. The molecule has 0 unspecified atom stereocenters. The monoisotopic (exact) mass is 491 g/mol. The fraction of sp³-hybridized carbons (Fsp3) is 0.176. The summed E-state index contributed by atoms with van der Waals surface area (Å²) < 4.78 is 60.4. The van der Waals surface area contributed by atoms with Gasteiger partial charge in [-0.05, 0) is 17.7 Å². The van der Waals surface area contributed by atoms with Crippen molar-refractivity contribution >= 4 is 49.8 Å². The van der Waals surface area contributed by atoms with Crippen LogP contribution in [0.4, 0.5) is 18.3 Å². The van der Waals surface area contributed by atoms with Gasteiger partial charge in [-0.25, -0.2) is 18.4 Å². The maximum Gasteiger partial charge on any atom is 0.501 e. The number of aromatic nitrogens is 2. The smallest absolute Gasteiger partial charge is 0.389 e. The van der Waals surface area contributed by atoms with Gasteiger partial charge in [-0.15, -0.1) is 22.7 Å². The Balaban J connectivity index is 1.68. The van der Waals surface area contributed by atoms with Crippen molar-refractivity contribution in [2.24, 2.45) is 0 Å². The van der Waals surface area contributed by atoms with E-state index >= 15 is 0 Å². The molecule has 0 saturated heterocycles. The van der Waals surface area contributed by atoms with Gasteiger partial charge in [0.2, 0.25) is 5.91 Å². The fourth-order valence-corrected chi connectivity index (χ4v) is 4.82. The number of halogens is 3. The number of aliphatic hydroxyl groups is 1. The lowest BCUT2D eigenvalue weighted by atomic mass is 10.1. The molecule has 2 N–H and O–H groups in total. The molecule has 1 aromatic carbocycles. The zero-order chi connectivity index (χ0) is 22.8. The maximum absolute atomic E-state index is 12.6. The molecule has 0 aliphatic rings. The molecule has 0 aliphatic carbocycles. The van der Waals surface area contributed by atoms with E-state index in [-0.39, 0.29) is 23.9 Å². The van der Waals surface area contributed by atoms with Gasteiger partial charge in [-0.2, -0.15) is 13.2 Å². The normalized spacial score (nSPS) is 12.0. The van der Waals surface area contributed by atoms with Crippen LogP contribution >= 0.6 is 22.7 Å². The Labute approximate surface area is 181 Å². The highest BCUT2D eigenvalue weighted by molar-refractivity contribution is 7.92. The van der Waals surface area contributed by atoms with Gasteiger partial charge in [0.05, 0.1) is 28.5 Å². The third-order valence-corrected chi connectivity index (χ3v) is 7.17. The molecule has 31 heavy (non-hydrogen) atoms. The molecule has 0 atom stereocenters. The van der Waals surface area contributed by atoms with E-state index in [1.165, 1.54) is 0 Å². The van der Waals surface area contributed by atoms with Crippen molar-refractivity contribution < 1.29 is 36.3 Å². The van der Waals surface area contributed by atoms with Crippen molar-refractivity contribution in [1.29, 1.82) is 0 Å². The molecule has 0 bridgehead atoms. The Hall–Kier alpha value is -2.68. The molecule has 0 radical (unpaired) electrons. The van der Waals surface area contributed by atoms with Gasteiger partial charge in [0.1, 0.15) is 10.7 Å². The van der Waals surface area contributed by atoms with Gasteiger partial charge in [0.25, 0.3) is 9.84 Å². The third-order valence-electron chi connectivity index (χ3n) is 3.83. The van der Waals surface area contributed by atoms with E-state index in [1.807, 2.05) is 0 Å². The average molecular weight is 491 g/mol. The number of benzene rings is 1. The number of nitrogens with one attached hydrogen (secondary N) is 1. The predicted octanol–water partition coefficient (Wildman–Crippen LogP) is 3.05. The second-order valence-electron chi connectivity index (χ2n) is 5.95. The number of carbonyl (C=O) groups is 2. The lowest BCUT2D eigenvalue weighted by molar-refractivity contribution is -0.115. The average Bonchev–Trinajstić information content (AvgIpc) is 3.33. The van der Waals surface area contributed by atoms with Crippen molar-refractivity contribution in [3.63, 3.8) is 0 Å². The van der Waals surface area contributed by atoms with Crippen LogP contribution < -0.4 is 5.32 Å². The first-order chi connectivity index (χ1) is 14.5. The number of hydrogen-bond donors (Lipinski definition) is 2. The number of sulfone groups is 1. The number of aldehydes is 1. The second kappa shape index (κ2) is 8.82. The second-order valence-corrected chi connectivity index (χ2v) is 9.84. The Kier molecular flexibility index (Phi) is 6.54. The molecule has 0 spiro atoms. The maximum atomic E-state index is 12.6. The van der Waals surface area contributed by atoms with Crippen LogP contribution in [0.1, 0.15) is 21.1 Å². The van der Waals surface area contributed by atoms with E-state index < -0.39 is 26.1 Å². The third kappa shape index (κ3) is 4.98. The summed E-state index contributed by atoms with van der Waals surface area (Å²) in [5.74, 6) is -0.525. The first-order valence-electron chi connectivity index (χ1n) is 8.27. The lowest BCUT2D eigenvalue weighted by Gasteiger charge is -2.08. The Bertz CT molecular complexity index is 1220. The van der Waals surface area contributed by atoms with E-state index in [4.69, 9.17) is 5.11 Å². The first-order valence-corrected chi connectivity index (χ1v) is 11.4. The van der Waals surface area contributed by atoms with E-state index in [0.29, 0.717) is 27.4 Å². The minimum atomic E-state index is -5.45. The number of aliphatic hydroxyl groups excluding tert-OH is 1. The summed E-state index contributed by atoms with van der Waals surface area (Å²) in [4.78, 5) is 31.0. The number of carbonyl (C=O) groups excluding carboxylic acids is 2. The van der Waals surface area contributed by atoms with Crippen LogP contribution in [0.5, 0.6) is 0 Å². The van der Waals surface area contributed by atoms with Gasteiger partial charge < -0.3 is 10.4 Å². The number of rotatable bonds is 7. The molecule has 14 heteroatoms. The molecule has 0 saturated carbocycles. The molecule has 1 amide bonds. The highest BCUT2D eigenvalue weighted by Gasteiger charge is 2.46. The summed E-state index contributed by atoms with van der Waals surface area (Å²) in [6.07, 6.45) is 0.307. The highest BCUT2D eigenvalue weighted by Crippen LogP contribution is 2.32. The topological polar surface area (TPSA) is 126 Å². The summed E-state index contributed by atoms with van der Waals surface area (Å²) in [7, 11) is -5.45. The standard InChI is InChI=1S/C17H12F3N3O5S3/c18-17(19,20)31(27,28)10-3-1-9(2-4-10)5-13(26)23-16-22-12(8-29-16)15-11(6-24)21-14(7-25)30-15/h1-4,6,8,25H,5,7H2,(H,22,23,26). The molecule has 2 aromatic heterocycles. The van der Waals surface area contributed by atoms with Crippen LogP contribution in [0.3, 0.4) is 0 Å². The number of amides is 1. The summed E-state index contributed by atoms with van der Waals surface area (Å²) in [5, 5.41) is 13.8. The number of hydrogen-bond acceptors (Lipinski definition) is 9. The molecule has 0 aliphatic heterocycles. The predicted molar refractivity (Wildman–Crippen MR) is 107 cm³/mol. The SMILES string of the molecule is O=Cc1nc(CO)sc1-c1csc(NC(=O)Cc2ccc(S(=O)(=O)C(F)(F)F)cc2)n1. The first kappa shape index (κ1) is 23.0. The van der Waals surface area contributed by atoms with Crippen LogP contribution in [0.2, 0.25) is 0 Å². The molecular formula is C17H12F3N3O5S3. The zero-order valence-electron chi connectivity index (χ0n) is 15.2. The Morgan fingerprint density at radius 2 is 1.87 bits per heavy atom. The number of anilines is 1. The Morgan fingerprint density at radius 1 is 1.19 bits per heavy atom. The van der Waals surface area contributed by atoms with Crippen LogP contribution in [-0.2, 0) is 27.7 Å². The minimum Gasteiger partial charge on any atom is -0.389 e. The van der Waals surface area contributed by atoms with Crippen molar-refractivity contribution in [1.82, 2.24) is 9.97 Å². The summed E-state index contributed by atoms with van der Waals surface area (Å²) in [5.41, 5.74) is -4.60. The van der Waals surface area contributed by atoms with Gasteiger partial charge in [-0.3, -0.25) is 9.59 Å². The van der Waals surface area contributed by atoms with Crippen molar-refractivity contribution in [2.75, 3.05) is 5.32 Å². The van der Waals surface area contributed by atoms with E-state index in [2.05, 4.69) is 15.3 Å². The molecule has 0 fully saturated rings. The van der Waals surface area contributed by atoms with E-state index in [1.54, 1.807) is 5.38 Å². The Morgan fingerprint density at radius 3 is 2.45 bits per heavy atom. The highest BCUT2D eigenvalue weighted by atomic mass is 32.2. The number of thiazole rings is 2.